The van der Waals surface area contributed by atoms with Crippen molar-refractivity contribution in [2.45, 2.75) is 25.8 Å². The van der Waals surface area contributed by atoms with Gasteiger partial charge in [-0.1, -0.05) is 31.2 Å². The molecule has 6 nitrogen and oxygen atoms in total. The Morgan fingerprint density at radius 2 is 2.04 bits per heavy atom. The molecule has 1 heterocycles. The molecule has 6 heteroatoms. The van der Waals surface area contributed by atoms with Crippen LogP contribution in [0, 0.1) is 0 Å². The van der Waals surface area contributed by atoms with Gasteiger partial charge < -0.3 is 20.3 Å². The number of anilines is 2. The number of ether oxygens (including phenoxy) is 1. The molecule has 0 saturated carbocycles. The van der Waals surface area contributed by atoms with E-state index in [4.69, 9.17) is 4.74 Å². The fourth-order valence-electron chi connectivity index (χ4n) is 3.13. The zero-order valence-electron chi connectivity index (χ0n) is 15.0. The summed E-state index contributed by atoms with van der Waals surface area (Å²) in [6.07, 6.45) is 1.11. The normalized spacial score (nSPS) is 16.5. The average Bonchev–Trinajstić information content (AvgIpc) is 3.02. The topological polar surface area (TPSA) is 70.7 Å². The van der Waals surface area contributed by atoms with Crippen LogP contribution in [0.25, 0.3) is 0 Å². The number of rotatable bonds is 5. The van der Waals surface area contributed by atoms with Crippen LogP contribution < -0.4 is 20.3 Å². The second-order valence-corrected chi connectivity index (χ2v) is 6.22. The van der Waals surface area contributed by atoms with Gasteiger partial charge in [0.25, 0.3) is 0 Å². The van der Waals surface area contributed by atoms with Gasteiger partial charge in [-0.3, -0.25) is 4.79 Å². The van der Waals surface area contributed by atoms with E-state index in [0.717, 1.165) is 23.4 Å². The highest BCUT2D eigenvalue weighted by atomic mass is 16.5. The second-order valence-electron chi connectivity index (χ2n) is 6.22. The van der Waals surface area contributed by atoms with E-state index in [2.05, 4.69) is 10.6 Å². The average molecular weight is 353 g/mol. The molecule has 2 aromatic carbocycles. The highest BCUT2D eigenvalue weighted by Crippen LogP contribution is 2.25. The Kier molecular flexibility index (Phi) is 5.41. The maximum atomic E-state index is 12.3. The highest BCUT2D eigenvalue weighted by molar-refractivity contribution is 5.98. The maximum Gasteiger partial charge on any atom is 0.319 e. The fraction of sp³-hybridized carbons (Fsp3) is 0.300. The third-order valence-corrected chi connectivity index (χ3v) is 4.47. The predicted octanol–water partition coefficient (Wildman–Crippen LogP) is 3.18. The first-order chi connectivity index (χ1) is 12.6. The van der Waals surface area contributed by atoms with Crippen LogP contribution in [0.2, 0.25) is 0 Å². The molecular weight excluding hydrogens is 330 g/mol. The molecule has 1 saturated heterocycles. The molecule has 26 heavy (non-hydrogen) atoms. The molecular formula is C20H23N3O3. The number of nitrogens with zero attached hydrogens (tertiary/aromatic N) is 1. The molecule has 1 aliphatic rings. The molecule has 1 fully saturated rings. The predicted molar refractivity (Wildman–Crippen MR) is 102 cm³/mol. The van der Waals surface area contributed by atoms with Gasteiger partial charge in [-0.25, -0.2) is 4.79 Å². The van der Waals surface area contributed by atoms with E-state index in [-0.39, 0.29) is 24.4 Å². The summed E-state index contributed by atoms with van der Waals surface area (Å²) in [4.78, 5) is 26.3. The Morgan fingerprint density at radius 3 is 2.81 bits per heavy atom. The largest absolute Gasteiger partial charge is 0.497 e. The van der Waals surface area contributed by atoms with E-state index in [1.54, 1.807) is 12.0 Å². The number of urea groups is 1. The third-order valence-electron chi connectivity index (χ3n) is 4.47. The molecule has 0 aromatic heterocycles. The van der Waals surface area contributed by atoms with Crippen molar-refractivity contribution in [1.82, 2.24) is 5.32 Å². The second kappa shape index (κ2) is 7.91. The van der Waals surface area contributed by atoms with Gasteiger partial charge in [0.05, 0.1) is 13.2 Å². The molecule has 3 amide bonds. The summed E-state index contributed by atoms with van der Waals surface area (Å²) in [6.45, 7) is 2.48. The Hall–Kier alpha value is -3.02. The van der Waals surface area contributed by atoms with Crippen molar-refractivity contribution in [2.75, 3.05) is 23.9 Å². The van der Waals surface area contributed by atoms with E-state index in [0.29, 0.717) is 12.3 Å². The van der Waals surface area contributed by atoms with E-state index in [1.165, 1.54) is 0 Å². The minimum Gasteiger partial charge on any atom is -0.497 e. The minimum atomic E-state index is -0.295. The molecule has 136 valence electrons. The Balaban J connectivity index is 1.62. The van der Waals surface area contributed by atoms with Crippen LogP contribution in [0.15, 0.2) is 48.5 Å². The first kappa shape index (κ1) is 17.8. The fourth-order valence-corrected chi connectivity index (χ4v) is 3.13. The van der Waals surface area contributed by atoms with Gasteiger partial charge in [-0.15, -0.1) is 0 Å². The molecule has 0 unspecified atom stereocenters. The van der Waals surface area contributed by atoms with Crippen molar-refractivity contribution < 1.29 is 14.3 Å². The van der Waals surface area contributed by atoms with Crippen molar-refractivity contribution in [1.29, 1.82) is 0 Å². The highest BCUT2D eigenvalue weighted by Gasteiger charge is 2.31. The van der Waals surface area contributed by atoms with Crippen LogP contribution in [0.3, 0.4) is 0 Å². The number of aryl methyl sites for hydroxylation is 1. The lowest BCUT2D eigenvalue weighted by Crippen LogP contribution is -2.39. The summed E-state index contributed by atoms with van der Waals surface area (Å²) in [6, 6.07) is 14.5. The zero-order chi connectivity index (χ0) is 18.5. The van der Waals surface area contributed by atoms with Crippen LogP contribution in [0.1, 0.15) is 18.9 Å². The van der Waals surface area contributed by atoms with Gasteiger partial charge in [-0.05, 0) is 30.2 Å². The summed E-state index contributed by atoms with van der Waals surface area (Å²) in [5.74, 6) is 0.679. The van der Waals surface area contributed by atoms with Gasteiger partial charge in [0, 0.05) is 30.4 Å². The van der Waals surface area contributed by atoms with E-state index in [1.807, 2.05) is 55.5 Å². The van der Waals surface area contributed by atoms with Crippen molar-refractivity contribution in [3.63, 3.8) is 0 Å². The molecule has 0 aliphatic carbocycles. The van der Waals surface area contributed by atoms with E-state index < -0.39 is 0 Å². The van der Waals surface area contributed by atoms with Crippen molar-refractivity contribution in [3.8, 4) is 5.75 Å². The molecule has 0 radical (unpaired) electrons. The lowest BCUT2D eigenvalue weighted by molar-refractivity contribution is -0.117. The maximum absolute atomic E-state index is 12.3. The van der Waals surface area contributed by atoms with Crippen molar-refractivity contribution in [2.24, 2.45) is 0 Å². The number of carbonyl (C=O) groups is 2. The molecule has 0 spiro atoms. The van der Waals surface area contributed by atoms with Crippen LogP contribution in [0.5, 0.6) is 5.75 Å². The minimum absolute atomic E-state index is 0.0162. The van der Waals surface area contributed by atoms with E-state index >= 15 is 0 Å². The summed E-state index contributed by atoms with van der Waals surface area (Å²) < 4.78 is 5.21. The number of methoxy groups -OCH3 is 1. The van der Waals surface area contributed by atoms with Gasteiger partial charge in [0.1, 0.15) is 5.75 Å². The quantitative estimate of drug-likeness (QED) is 0.867. The molecule has 3 rings (SSSR count). The summed E-state index contributed by atoms with van der Waals surface area (Å²) in [5.41, 5.74) is 2.64. The Labute approximate surface area is 153 Å². The number of para-hydroxylation sites is 1. The Bertz CT molecular complexity index is 806. The SMILES string of the molecule is CCc1ccccc1NC(=O)N[C@H]1CC(=O)N(c2cccc(OC)c2)C1. The lowest BCUT2D eigenvalue weighted by atomic mass is 10.1. The first-order valence-corrected chi connectivity index (χ1v) is 8.70. The number of hydrogen-bond acceptors (Lipinski definition) is 3. The van der Waals surface area contributed by atoms with Crippen molar-refractivity contribution in [3.05, 3.63) is 54.1 Å². The number of hydrogen-bond donors (Lipinski definition) is 2. The molecule has 1 atom stereocenters. The number of benzene rings is 2. The van der Waals surface area contributed by atoms with Gasteiger partial charge in [-0.2, -0.15) is 0 Å². The summed E-state index contributed by atoms with van der Waals surface area (Å²) >= 11 is 0. The van der Waals surface area contributed by atoms with E-state index in [9.17, 15) is 9.59 Å². The van der Waals surface area contributed by atoms with Crippen LogP contribution in [-0.2, 0) is 11.2 Å². The van der Waals surface area contributed by atoms with Gasteiger partial charge in [0.15, 0.2) is 0 Å². The number of nitrogens with one attached hydrogen (secondary N) is 2. The van der Waals surface area contributed by atoms with Crippen LogP contribution >= 0.6 is 0 Å². The first-order valence-electron chi connectivity index (χ1n) is 8.70. The lowest BCUT2D eigenvalue weighted by Gasteiger charge is -2.18. The molecule has 1 aliphatic heterocycles. The molecule has 2 aromatic rings. The Morgan fingerprint density at radius 1 is 1.23 bits per heavy atom. The van der Waals surface area contributed by atoms with Crippen LogP contribution in [-0.4, -0.2) is 31.6 Å². The molecule has 2 N–H and O–H groups in total. The van der Waals surface area contributed by atoms with Gasteiger partial charge in [0.2, 0.25) is 5.91 Å². The number of amides is 3. The standard InChI is InChI=1S/C20H23N3O3/c1-3-14-7-4-5-10-18(14)22-20(25)21-15-11-19(24)23(13-15)16-8-6-9-17(12-16)26-2/h4-10,12,15H,3,11,13H2,1-2H3,(H2,21,22,25)/t15-/m0/s1. The number of carbonyl (C=O) groups excluding carboxylic acids is 2. The monoisotopic (exact) mass is 353 g/mol. The smallest absolute Gasteiger partial charge is 0.319 e. The third kappa shape index (κ3) is 3.96. The summed E-state index contributed by atoms with van der Waals surface area (Å²) in [7, 11) is 1.59. The van der Waals surface area contributed by atoms with Crippen molar-refractivity contribution >= 4 is 23.3 Å². The summed E-state index contributed by atoms with van der Waals surface area (Å²) in [5, 5.41) is 5.77. The van der Waals surface area contributed by atoms with Crippen LogP contribution in [0.4, 0.5) is 16.2 Å². The zero-order valence-corrected chi connectivity index (χ0v) is 15.0. The molecule has 0 bridgehead atoms. The van der Waals surface area contributed by atoms with Gasteiger partial charge >= 0.3 is 6.03 Å².